The third-order valence-corrected chi connectivity index (χ3v) is 3.60. The van der Waals surface area contributed by atoms with Crippen LogP contribution in [0.1, 0.15) is 40.5 Å². The molecule has 3 N–H and O–H groups in total. The Bertz CT molecular complexity index is 302. The van der Waals surface area contributed by atoms with Crippen LogP contribution in [0.25, 0.3) is 0 Å². The van der Waals surface area contributed by atoms with E-state index in [0.29, 0.717) is 25.4 Å². The summed E-state index contributed by atoms with van der Waals surface area (Å²) in [5, 5.41) is 14.5. The largest absolute Gasteiger partial charge is 0.480 e. The van der Waals surface area contributed by atoms with E-state index in [2.05, 4.69) is 29.4 Å². The highest BCUT2D eigenvalue weighted by atomic mass is 16.4. The number of carboxylic acids is 1. The molecule has 19 heavy (non-hydrogen) atoms. The highest BCUT2D eigenvalue weighted by molar-refractivity contribution is 5.86. The van der Waals surface area contributed by atoms with E-state index in [1.165, 1.54) is 0 Å². The number of hydrogen-bond acceptors (Lipinski definition) is 3. The summed E-state index contributed by atoms with van der Waals surface area (Å²) in [6.07, 6.45) is 0.719. The van der Waals surface area contributed by atoms with Crippen LogP contribution in [0.2, 0.25) is 0 Å². The molecule has 0 radical (unpaired) electrons. The van der Waals surface area contributed by atoms with Crippen molar-refractivity contribution in [1.82, 2.24) is 15.5 Å². The van der Waals surface area contributed by atoms with Crippen LogP contribution < -0.4 is 10.6 Å². The van der Waals surface area contributed by atoms with Crippen molar-refractivity contribution in [2.45, 2.75) is 52.1 Å². The molecular formula is C13H27N3O3. The number of aliphatic carboxylic acids is 1. The summed E-state index contributed by atoms with van der Waals surface area (Å²) in [5.41, 5.74) is -1.17. The fourth-order valence-corrected chi connectivity index (χ4v) is 1.65. The Balaban J connectivity index is 4.26. The van der Waals surface area contributed by atoms with Crippen LogP contribution in [0.3, 0.4) is 0 Å². The zero-order valence-corrected chi connectivity index (χ0v) is 12.6. The van der Waals surface area contributed by atoms with Crippen LogP contribution in [0.5, 0.6) is 0 Å². The van der Waals surface area contributed by atoms with Crippen LogP contribution in [0.4, 0.5) is 4.79 Å². The Morgan fingerprint density at radius 3 is 2.16 bits per heavy atom. The van der Waals surface area contributed by atoms with E-state index < -0.39 is 17.5 Å². The summed E-state index contributed by atoms with van der Waals surface area (Å²) in [6.45, 7) is 8.87. The van der Waals surface area contributed by atoms with E-state index >= 15 is 0 Å². The van der Waals surface area contributed by atoms with Gasteiger partial charge in [0.25, 0.3) is 0 Å². The lowest BCUT2D eigenvalue weighted by atomic mass is 9.93. The van der Waals surface area contributed by atoms with Gasteiger partial charge in [-0.05, 0) is 33.7 Å². The number of urea groups is 1. The number of rotatable bonds is 8. The predicted octanol–water partition coefficient (Wildman–Crippen LogP) is 1.27. The molecule has 0 bridgehead atoms. The molecule has 0 aliphatic carbocycles. The second-order valence-corrected chi connectivity index (χ2v) is 5.05. The van der Waals surface area contributed by atoms with Gasteiger partial charge in [-0.15, -0.1) is 0 Å². The number of carboxylic acid groups (broad SMARTS) is 1. The van der Waals surface area contributed by atoms with Crippen molar-refractivity contribution in [2.75, 3.05) is 20.1 Å². The minimum absolute atomic E-state index is 0.359. The minimum atomic E-state index is -1.17. The lowest BCUT2D eigenvalue weighted by Gasteiger charge is -2.28. The topological polar surface area (TPSA) is 81.7 Å². The van der Waals surface area contributed by atoms with E-state index in [-0.39, 0.29) is 0 Å². The van der Waals surface area contributed by atoms with E-state index in [4.69, 9.17) is 0 Å². The minimum Gasteiger partial charge on any atom is -0.480 e. The molecule has 0 aromatic rings. The highest BCUT2D eigenvalue weighted by Gasteiger charge is 2.36. The first-order chi connectivity index (χ1) is 8.79. The first-order valence-electron chi connectivity index (χ1n) is 6.78. The first kappa shape index (κ1) is 17.7. The smallest absolute Gasteiger partial charge is 0.329 e. The molecule has 0 rings (SSSR count). The summed E-state index contributed by atoms with van der Waals surface area (Å²) >= 11 is 0. The molecule has 0 spiro atoms. The second kappa shape index (κ2) is 7.99. The van der Waals surface area contributed by atoms with Gasteiger partial charge in [-0.1, -0.05) is 13.8 Å². The fourth-order valence-electron chi connectivity index (χ4n) is 1.65. The molecule has 6 nitrogen and oxygen atoms in total. The first-order valence-corrected chi connectivity index (χ1v) is 6.78. The summed E-state index contributed by atoms with van der Waals surface area (Å²) in [6, 6.07) is -0.0162. The Morgan fingerprint density at radius 2 is 1.79 bits per heavy atom. The van der Waals surface area contributed by atoms with E-state index in [0.717, 1.165) is 6.54 Å². The quantitative estimate of drug-likeness (QED) is 0.622. The molecule has 0 aliphatic heterocycles. The molecular weight excluding hydrogens is 246 g/mol. The van der Waals surface area contributed by atoms with Crippen molar-refractivity contribution in [3.8, 4) is 0 Å². The molecule has 0 aromatic carbocycles. The van der Waals surface area contributed by atoms with Crippen LogP contribution in [-0.2, 0) is 4.79 Å². The third kappa shape index (κ3) is 5.46. The molecule has 0 saturated carbocycles. The zero-order valence-electron chi connectivity index (χ0n) is 12.6. The van der Waals surface area contributed by atoms with Crippen molar-refractivity contribution in [1.29, 1.82) is 0 Å². The van der Waals surface area contributed by atoms with Crippen LogP contribution in [0, 0.1) is 0 Å². The maximum atomic E-state index is 11.7. The molecule has 0 atom stereocenters. The van der Waals surface area contributed by atoms with Gasteiger partial charge in [0.1, 0.15) is 5.54 Å². The SMILES string of the molecule is CCC(CC)(NC(=O)NCCN(C)C(C)C)C(=O)O. The molecule has 0 heterocycles. The fraction of sp³-hybridized carbons (Fsp3) is 0.846. The standard InChI is InChI=1S/C13H27N3O3/c1-6-13(7-2,11(17)18)15-12(19)14-8-9-16(5)10(3)4/h10H,6-9H2,1-5H3,(H,17,18)(H2,14,15,19). The average Bonchev–Trinajstić information content (AvgIpc) is 2.35. The van der Waals surface area contributed by atoms with Gasteiger partial charge in [0.2, 0.25) is 0 Å². The van der Waals surface area contributed by atoms with Gasteiger partial charge in [-0.2, -0.15) is 0 Å². The number of amides is 2. The number of hydrogen-bond donors (Lipinski definition) is 3. The molecule has 0 unspecified atom stereocenters. The zero-order chi connectivity index (χ0) is 15.1. The number of likely N-dealkylation sites (N-methyl/N-ethyl adjacent to an activating group) is 1. The molecule has 0 fully saturated rings. The van der Waals surface area contributed by atoms with Crippen LogP contribution >= 0.6 is 0 Å². The van der Waals surface area contributed by atoms with Crippen molar-refractivity contribution in [3.63, 3.8) is 0 Å². The average molecular weight is 273 g/mol. The number of carbonyl (C=O) groups is 2. The number of nitrogens with one attached hydrogen (secondary N) is 2. The molecule has 0 saturated heterocycles. The van der Waals surface area contributed by atoms with Crippen LogP contribution in [0.15, 0.2) is 0 Å². The Morgan fingerprint density at radius 1 is 1.26 bits per heavy atom. The van der Waals surface area contributed by atoms with Gasteiger partial charge in [-0.25, -0.2) is 9.59 Å². The van der Waals surface area contributed by atoms with E-state index in [1.807, 2.05) is 7.05 Å². The summed E-state index contributed by atoms with van der Waals surface area (Å²) in [7, 11) is 1.98. The lowest BCUT2D eigenvalue weighted by molar-refractivity contribution is -0.144. The maximum Gasteiger partial charge on any atom is 0.329 e. The maximum absolute atomic E-state index is 11.7. The molecule has 112 valence electrons. The number of nitrogens with zero attached hydrogens (tertiary/aromatic N) is 1. The van der Waals surface area contributed by atoms with E-state index in [1.54, 1.807) is 13.8 Å². The Hall–Kier alpha value is -1.30. The predicted molar refractivity (Wildman–Crippen MR) is 75.2 cm³/mol. The molecule has 2 amide bonds. The van der Waals surface area contributed by atoms with Crippen molar-refractivity contribution in [2.24, 2.45) is 0 Å². The van der Waals surface area contributed by atoms with Crippen molar-refractivity contribution >= 4 is 12.0 Å². The molecule has 0 aromatic heterocycles. The van der Waals surface area contributed by atoms with Crippen molar-refractivity contribution in [3.05, 3.63) is 0 Å². The van der Waals surface area contributed by atoms with Gasteiger partial charge in [0, 0.05) is 19.1 Å². The van der Waals surface area contributed by atoms with Gasteiger partial charge in [-0.3, -0.25) is 0 Å². The number of carbonyl (C=O) groups excluding carboxylic acids is 1. The van der Waals surface area contributed by atoms with Gasteiger partial charge >= 0.3 is 12.0 Å². The van der Waals surface area contributed by atoms with Gasteiger partial charge in [0.05, 0.1) is 0 Å². The second-order valence-electron chi connectivity index (χ2n) is 5.05. The third-order valence-electron chi connectivity index (χ3n) is 3.60. The molecule has 0 aliphatic rings. The Labute approximate surface area is 115 Å². The van der Waals surface area contributed by atoms with E-state index in [9.17, 15) is 14.7 Å². The highest BCUT2D eigenvalue weighted by Crippen LogP contribution is 2.14. The van der Waals surface area contributed by atoms with Gasteiger partial charge < -0.3 is 20.6 Å². The summed E-state index contributed by atoms with van der Waals surface area (Å²) < 4.78 is 0. The summed E-state index contributed by atoms with van der Waals surface area (Å²) in [4.78, 5) is 25.1. The normalized spacial score (nSPS) is 11.7. The summed E-state index contributed by atoms with van der Waals surface area (Å²) in [5.74, 6) is -0.994. The van der Waals surface area contributed by atoms with Crippen LogP contribution in [-0.4, -0.2) is 53.7 Å². The monoisotopic (exact) mass is 273 g/mol. The Kier molecular flexibility index (Phi) is 7.44. The lowest BCUT2D eigenvalue weighted by Crippen LogP contribution is -2.57. The molecule has 6 heteroatoms. The van der Waals surface area contributed by atoms with Crippen molar-refractivity contribution < 1.29 is 14.7 Å². The van der Waals surface area contributed by atoms with Gasteiger partial charge in [0.15, 0.2) is 0 Å².